The van der Waals surface area contributed by atoms with Crippen molar-refractivity contribution in [3.63, 3.8) is 0 Å². The van der Waals surface area contributed by atoms with Crippen molar-refractivity contribution in [1.29, 1.82) is 5.26 Å². The summed E-state index contributed by atoms with van der Waals surface area (Å²) in [4.78, 5) is 22.7. The van der Waals surface area contributed by atoms with E-state index in [4.69, 9.17) is 5.26 Å². The van der Waals surface area contributed by atoms with Crippen LogP contribution in [0.15, 0.2) is 24.3 Å². The maximum absolute atomic E-state index is 11.4. The highest BCUT2D eigenvalue weighted by atomic mass is 16.2. The Morgan fingerprint density at radius 1 is 1.35 bits per heavy atom. The van der Waals surface area contributed by atoms with E-state index in [9.17, 15) is 9.59 Å². The molecule has 1 fully saturated rings. The minimum atomic E-state index is -0.558. The maximum atomic E-state index is 11.4. The second-order valence-corrected chi connectivity index (χ2v) is 3.91. The van der Waals surface area contributed by atoms with Gasteiger partial charge in [0.15, 0.2) is 0 Å². The number of carbonyl (C=O) groups is 2. The first-order valence-electron chi connectivity index (χ1n) is 5.31. The van der Waals surface area contributed by atoms with Crippen LogP contribution in [0.25, 0.3) is 0 Å². The number of nitrogens with zero attached hydrogens (tertiary/aromatic N) is 1. The molecule has 0 aliphatic heterocycles. The van der Waals surface area contributed by atoms with Gasteiger partial charge in [0.1, 0.15) is 0 Å². The van der Waals surface area contributed by atoms with Gasteiger partial charge in [0.2, 0.25) is 5.91 Å². The molecule has 5 heteroatoms. The van der Waals surface area contributed by atoms with Gasteiger partial charge in [-0.2, -0.15) is 5.26 Å². The third-order valence-electron chi connectivity index (χ3n) is 2.43. The predicted octanol–water partition coefficient (Wildman–Crippen LogP) is 1.62. The van der Waals surface area contributed by atoms with Crippen LogP contribution in [0, 0.1) is 17.2 Å². The van der Waals surface area contributed by atoms with Crippen LogP contribution in [-0.4, -0.2) is 11.9 Å². The molecular weight excluding hydrogens is 218 g/mol. The summed E-state index contributed by atoms with van der Waals surface area (Å²) in [5, 5.41) is 13.5. The van der Waals surface area contributed by atoms with Crippen molar-refractivity contribution >= 4 is 17.6 Å². The van der Waals surface area contributed by atoms with Crippen molar-refractivity contribution in [3.05, 3.63) is 29.8 Å². The third-order valence-corrected chi connectivity index (χ3v) is 2.43. The van der Waals surface area contributed by atoms with E-state index < -0.39 is 6.03 Å². The van der Waals surface area contributed by atoms with Gasteiger partial charge in [0.25, 0.3) is 0 Å². The second-order valence-electron chi connectivity index (χ2n) is 3.91. The molecule has 0 bridgehead atoms. The number of urea groups is 1. The monoisotopic (exact) mass is 229 g/mol. The van der Waals surface area contributed by atoms with Crippen molar-refractivity contribution in [3.8, 4) is 6.07 Å². The molecule has 0 radical (unpaired) electrons. The Kier molecular flexibility index (Phi) is 3.06. The number of nitriles is 1. The molecule has 86 valence electrons. The van der Waals surface area contributed by atoms with Crippen LogP contribution < -0.4 is 10.6 Å². The van der Waals surface area contributed by atoms with Crippen molar-refractivity contribution in [2.24, 2.45) is 5.92 Å². The fraction of sp³-hybridized carbons (Fsp3) is 0.250. The van der Waals surface area contributed by atoms with Gasteiger partial charge in [-0.15, -0.1) is 0 Å². The Labute approximate surface area is 98.4 Å². The van der Waals surface area contributed by atoms with E-state index in [2.05, 4.69) is 10.6 Å². The molecule has 17 heavy (non-hydrogen) atoms. The average molecular weight is 229 g/mol. The lowest BCUT2D eigenvalue weighted by Crippen LogP contribution is -2.35. The molecule has 0 unspecified atom stereocenters. The van der Waals surface area contributed by atoms with Gasteiger partial charge in [0.05, 0.1) is 11.6 Å². The number of hydrogen-bond donors (Lipinski definition) is 2. The number of imide groups is 1. The second kappa shape index (κ2) is 4.66. The number of anilines is 1. The number of carbonyl (C=O) groups excluding carboxylic acids is 2. The van der Waals surface area contributed by atoms with Crippen molar-refractivity contribution < 1.29 is 9.59 Å². The molecule has 2 rings (SSSR count). The molecule has 1 aromatic carbocycles. The van der Waals surface area contributed by atoms with Crippen LogP contribution >= 0.6 is 0 Å². The molecule has 5 nitrogen and oxygen atoms in total. The first-order valence-corrected chi connectivity index (χ1v) is 5.31. The van der Waals surface area contributed by atoms with E-state index in [-0.39, 0.29) is 11.8 Å². The Morgan fingerprint density at radius 2 is 2.12 bits per heavy atom. The zero-order chi connectivity index (χ0) is 12.3. The fourth-order valence-electron chi connectivity index (χ4n) is 1.39. The minimum Gasteiger partial charge on any atom is -0.308 e. The van der Waals surface area contributed by atoms with Crippen molar-refractivity contribution in [2.45, 2.75) is 12.8 Å². The summed E-state index contributed by atoms with van der Waals surface area (Å²) in [6.07, 6.45) is 1.70. The standard InChI is InChI=1S/C12H11N3O2/c13-7-8-2-1-3-10(6-8)14-12(17)15-11(16)9-4-5-9/h1-3,6,9H,4-5H2,(H2,14,15,16,17). The fourth-order valence-corrected chi connectivity index (χ4v) is 1.39. The van der Waals surface area contributed by atoms with Gasteiger partial charge in [-0.3, -0.25) is 10.1 Å². The summed E-state index contributed by atoms with van der Waals surface area (Å²) < 4.78 is 0. The molecular formula is C12H11N3O2. The number of benzene rings is 1. The van der Waals surface area contributed by atoms with Crippen LogP contribution in [-0.2, 0) is 4.79 Å². The summed E-state index contributed by atoms with van der Waals surface area (Å²) in [6.45, 7) is 0. The highest BCUT2D eigenvalue weighted by Gasteiger charge is 2.30. The zero-order valence-corrected chi connectivity index (χ0v) is 9.06. The highest BCUT2D eigenvalue weighted by molar-refractivity contribution is 6.02. The van der Waals surface area contributed by atoms with E-state index >= 15 is 0 Å². The van der Waals surface area contributed by atoms with E-state index in [0.29, 0.717) is 11.3 Å². The first-order chi connectivity index (χ1) is 8.19. The van der Waals surface area contributed by atoms with Gasteiger partial charge < -0.3 is 5.32 Å². The van der Waals surface area contributed by atoms with Crippen molar-refractivity contribution in [1.82, 2.24) is 5.32 Å². The quantitative estimate of drug-likeness (QED) is 0.808. The largest absolute Gasteiger partial charge is 0.325 e. The maximum Gasteiger partial charge on any atom is 0.325 e. The van der Waals surface area contributed by atoms with Crippen LogP contribution in [0.2, 0.25) is 0 Å². The third kappa shape index (κ3) is 3.05. The molecule has 0 aromatic heterocycles. The molecule has 3 amide bonds. The van der Waals surface area contributed by atoms with E-state index in [0.717, 1.165) is 12.8 Å². The Morgan fingerprint density at radius 3 is 2.76 bits per heavy atom. The number of rotatable bonds is 2. The summed E-state index contributed by atoms with van der Waals surface area (Å²) in [5.74, 6) is -0.245. The smallest absolute Gasteiger partial charge is 0.308 e. The number of amides is 3. The molecule has 0 atom stereocenters. The van der Waals surface area contributed by atoms with Crippen molar-refractivity contribution in [2.75, 3.05) is 5.32 Å². The molecule has 2 N–H and O–H groups in total. The number of hydrogen-bond acceptors (Lipinski definition) is 3. The summed E-state index contributed by atoms with van der Waals surface area (Å²) in [6, 6.07) is 7.91. The highest BCUT2D eigenvalue weighted by Crippen LogP contribution is 2.28. The first kappa shape index (κ1) is 11.1. The van der Waals surface area contributed by atoms with Crippen LogP contribution in [0.3, 0.4) is 0 Å². The Hall–Kier alpha value is -2.35. The van der Waals surface area contributed by atoms with E-state index in [1.165, 1.54) is 0 Å². The lowest BCUT2D eigenvalue weighted by Gasteiger charge is -2.06. The van der Waals surface area contributed by atoms with Gasteiger partial charge >= 0.3 is 6.03 Å². The molecule has 0 heterocycles. The van der Waals surface area contributed by atoms with Gasteiger partial charge in [-0.25, -0.2) is 4.79 Å². The summed E-state index contributed by atoms with van der Waals surface area (Å²) in [5.41, 5.74) is 0.946. The Bertz CT molecular complexity index is 501. The lowest BCUT2D eigenvalue weighted by atomic mass is 10.2. The minimum absolute atomic E-state index is 0.00815. The average Bonchev–Trinajstić information content (AvgIpc) is 3.12. The zero-order valence-electron chi connectivity index (χ0n) is 9.06. The van der Waals surface area contributed by atoms with Crippen LogP contribution in [0.5, 0.6) is 0 Å². The topological polar surface area (TPSA) is 82.0 Å². The number of nitrogens with one attached hydrogen (secondary N) is 2. The predicted molar refractivity (Wildman–Crippen MR) is 61.0 cm³/mol. The van der Waals surface area contributed by atoms with Gasteiger partial charge in [0, 0.05) is 11.6 Å². The summed E-state index contributed by atoms with van der Waals surface area (Å²) >= 11 is 0. The Balaban J connectivity index is 1.93. The summed E-state index contributed by atoms with van der Waals surface area (Å²) in [7, 11) is 0. The van der Waals surface area contributed by atoms with E-state index in [1.807, 2.05) is 6.07 Å². The normalized spacial score (nSPS) is 13.6. The molecule has 1 aliphatic carbocycles. The molecule has 1 saturated carbocycles. The molecule has 0 spiro atoms. The van der Waals surface area contributed by atoms with Gasteiger partial charge in [-0.05, 0) is 31.0 Å². The molecule has 1 aromatic rings. The van der Waals surface area contributed by atoms with Gasteiger partial charge in [-0.1, -0.05) is 6.07 Å². The van der Waals surface area contributed by atoms with E-state index in [1.54, 1.807) is 24.3 Å². The SMILES string of the molecule is N#Cc1cccc(NC(=O)NC(=O)C2CC2)c1. The van der Waals surface area contributed by atoms with Crippen LogP contribution in [0.1, 0.15) is 18.4 Å². The molecule has 1 aliphatic rings. The molecule has 0 saturated heterocycles. The van der Waals surface area contributed by atoms with Crippen LogP contribution in [0.4, 0.5) is 10.5 Å². The lowest BCUT2D eigenvalue weighted by molar-refractivity contribution is -0.121.